The number of anilines is 1. The highest BCUT2D eigenvalue weighted by molar-refractivity contribution is 7.92. The highest BCUT2D eigenvalue weighted by atomic mass is 32.2. The van der Waals surface area contributed by atoms with E-state index in [4.69, 9.17) is 0 Å². The van der Waals surface area contributed by atoms with Gasteiger partial charge < -0.3 is 5.32 Å². The van der Waals surface area contributed by atoms with E-state index >= 15 is 0 Å². The van der Waals surface area contributed by atoms with Crippen LogP contribution in [0.5, 0.6) is 0 Å². The molecule has 0 saturated carbocycles. The molecule has 0 spiro atoms. The van der Waals surface area contributed by atoms with Crippen LogP contribution >= 0.6 is 0 Å². The summed E-state index contributed by atoms with van der Waals surface area (Å²) in [6.45, 7) is 5.97. The fourth-order valence-corrected chi connectivity index (χ4v) is 4.00. The molecule has 0 saturated heterocycles. The zero-order valence-electron chi connectivity index (χ0n) is 15.7. The lowest BCUT2D eigenvalue weighted by Crippen LogP contribution is -2.47. The zero-order chi connectivity index (χ0) is 19.3. The molecule has 2 aromatic rings. The molecule has 0 aromatic heterocycles. The molecule has 1 amide bonds. The van der Waals surface area contributed by atoms with Gasteiger partial charge >= 0.3 is 0 Å². The molecule has 2 rings (SSSR count). The predicted octanol–water partition coefficient (Wildman–Crippen LogP) is 3.03. The minimum absolute atomic E-state index is 0.335. The lowest BCUT2D eigenvalue weighted by atomic mass is 10.1. The Kier molecular flexibility index (Phi) is 6.42. The average molecular weight is 375 g/mol. The van der Waals surface area contributed by atoms with E-state index < -0.39 is 16.1 Å². The fourth-order valence-electron chi connectivity index (χ4n) is 2.83. The molecule has 0 radical (unpaired) electrons. The number of nitrogens with one attached hydrogen (secondary N) is 1. The van der Waals surface area contributed by atoms with E-state index in [-0.39, 0.29) is 5.91 Å². The number of carbonyl (C=O) groups excluding carboxylic acids is 1. The molecule has 0 aliphatic carbocycles. The van der Waals surface area contributed by atoms with Gasteiger partial charge in [-0.3, -0.25) is 9.10 Å². The quantitative estimate of drug-likeness (QED) is 0.810. The summed E-state index contributed by atoms with van der Waals surface area (Å²) >= 11 is 0. The Morgan fingerprint density at radius 2 is 1.73 bits per heavy atom. The highest BCUT2D eigenvalue weighted by Gasteiger charge is 2.28. The second kappa shape index (κ2) is 8.36. The third-order valence-corrected chi connectivity index (χ3v) is 5.64. The van der Waals surface area contributed by atoms with Gasteiger partial charge in [0.15, 0.2) is 0 Å². The standard InChI is InChI=1S/C20H26N2O3S/c1-5-17-10-12-19(13-11-17)22(26(4,24)25)16(3)20(23)21-14-18-9-7-6-8-15(18)2/h6-13,16H,5,14H2,1-4H3,(H,21,23)/t16-/m0/s1. The second-order valence-electron chi connectivity index (χ2n) is 6.40. The summed E-state index contributed by atoms with van der Waals surface area (Å²) in [5, 5.41) is 2.84. The lowest BCUT2D eigenvalue weighted by molar-refractivity contribution is -0.122. The van der Waals surface area contributed by atoms with Crippen molar-refractivity contribution < 1.29 is 13.2 Å². The van der Waals surface area contributed by atoms with Crippen molar-refractivity contribution in [2.24, 2.45) is 0 Å². The van der Waals surface area contributed by atoms with Gasteiger partial charge in [0.1, 0.15) is 6.04 Å². The van der Waals surface area contributed by atoms with Crippen LogP contribution in [0.4, 0.5) is 5.69 Å². The largest absolute Gasteiger partial charge is 0.350 e. The van der Waals surface area contributed by atoms with Gasteiger partial charge in [-0.2, -0.15) is 0 Å². The maximum atomic E-state index is 12.6. The molecule has 140 valence electrons. The number of aryl methyl sites for hydroxylation is 2. The minimum Gasteiger partial charge on any atom is -0.350 e. The van der Waals surface area contributed by atoms with Gasteiger partial charge in [-0.05, 0) is 49.1 Å². The van der Waals surface area contributed by atoms with Crippen molar-refractivity contribution in [1.29, 1.82) is 0 Å². The number of benzene rings is 2. The number of sulfonamides is 1. The Labute approximate surface area is 156 Å². The molecule has 0 bridgehead atoms. The van der Waals surface area contributed by atoms with Crippen LogP contribution in [0.2, 0.25) is 0 Å². The monoisotopic (exact) mass is 374 g/mol. The molecule has 0 aliphatic rings. The number of rotatable bonds is 7. The highest BCUT2D eigenvalue weighted by Crippen LogP contribution is 2.22. The third-order valence-electron chi connectivity index (χ3n) is 4.40. The van der Waals surface area contributed by atoms with Crippen LogP contribution in [0.25, 0.3) is 0 Å². The van der Waals surface area contributed by atoms with Crippen LogP contribution in [0.15, 0.2) is 48.5 Å². The van der Waals surface area contributed by atoms with Gasteiger partial charge in [0.05, 0.1) is 11.9 Å². The Bertz CT molecular complexity index is 861. The van der Waals surface area contributed by atoms with Gasteiger partial charge in [-0.1, -0.05) is 43.3 Å². The van der Waals surface area contributed by atoms with Crippen LogP contribution in [0.3, 0.4) is 0 Å². The van der Waals surface area contributed by atoms with Gasteiger partial charge in [0.2, 0.25) is 15.9 Å². The van der Waals surface area contributed by atoms with E-state index in [0.717, 1.165) is 29.4 Å². The van der Waals surface area contributed by atoms with Gasteiger partial charge in [0, 0.05) is 6.54 Å². The van der Waals surface area contributed by atoms with E-state index in [2.05, 4.69) is 5.32 Å². The number of amides is 1. The van der Waals surface area contributed by atoms with Crippen molar-refractivity contribution in [2.45, 2.75) is 39.8 Å². The smallest absolute Gasteiger partial charge is 0.243 e. The molecule has 0 unspecified atom stereocenters. The molecule has 0 aliphatic heterocycles. The average Bonchev–Trinajstić information content (AvgIpc) is 2.60. The Morgan fingerprint density at radius 3 is 2.27 bits per heavy atom. The predicted molar refractivity (Wildman–Crippen MR) is 106 cm³/mol. The summed E-state index contributed by atoms with van der Waals surface area (Å²) in [6, 6.07) is 14.2. The molecule has 6 heteroatoms. The van der Waals surface area contributed by atoms with E-state index in [1.165, 1.54) is 4.31 Å². The topological polar surface area (TPSA) is 66.5 Å². The SMILES string of the molecule is CCc1ccc(N([C@@H](C)C(=O)NCc2ccccc2C)S(C)(=O)=O)cc1. The number of carbonyl (C=O) groups is 1. The molecule has 0 heterocycles. The Morgan fingerprint density at radius 1 is 1.12 bits per heavy atom. The summed E-state index contributed by atoms with van der Waals surface area (Å²) in [6.07, 6.45) is 1.98. The summed E-state index contributed by atoms with van der Waals surface area (Å²) in [5.74, 6) is -0.335. The Hall–Kier alpha value is -2.34. The van der Waals surface area contributed by atoms with Crippen molar-refractivity contribution in [3.8, 4) is 0 Å². The third kappa shape index (κ3) is 4.85. The lowest BCUT2D eigenvalue weighted by Gasteiger charge is -2.28. The van der Waals surface area contributed by atoms with E-state index in [0.29, 0.717) is 12.2 Å². The molecular weight excluding hydrogens is 348 g/mol. The van der Waals surface area contributed by atoms with E-state index in [1.807, 2.05) is 50.2 Å². The fraction of sp³-hybridized carbons (Fsp3) is 0.350. The Balaban J connectivity index is 2.19. The number of hydrogen-bond donors (Lipinski definition) is 1. The minimum atomic E-state index is -3.60. The molecule has 26 heavy (non-hydrogen) atoms. The van der Waals surface area contributed by atoms with Crippen LogP contribution in [0, 0.1) is 6.92 Å². The second-order valence-corrected chi connectivity index (χ2v) is 8.26. The zero-order valence-corrected chi connectivity index (χ0v) is 16.5. The maximum Gasteiger partial charge on any atom is 0.243 e. The first-order chi connectivity index (χ1) is 12.2. The molecule has 2 aromatic carbocycles. The first-order valence-electron chi connectivity index (χ1n) is 8.64. The van der Waals surface area contributed by atoms with Crippen molar-refractivity contribution in [1.82, 2.24) is 5.32 Å². The summed E-state index contributed by atoms with van der Waals surface area (Å²) < 4.78 is 25.8. The first kappa shape index (κ1) is 20.0. The molecule has 5 nitrogen and oxygen atoms in total. The number of nitrogens with zero attached hydrogens (tertiary/aromatic N) is 1. The van der Waals surface area contributed by atoms with Crippen molar-refractivity contribution in [3.63, 3.8) is 0 Å². The summed E-state index contributed by atoms with van der Waals surface area (Å²) in [4.78, 5) is 12.6. The van der Waals surface area contributed by atoms with Crippen LogP contribution < -0.4 is 9.62 Å². The van der Waals surface area contributed by atoms with Crippen LogP contribution in [-0.2, 0) is 27.8 Å². The first-order valence-corrected chi connectivity index (χ1v) is 10.5. The van der Waals surface area contributed by atoms with Crippen LogP contribution in [-0.4, -0.2) is 26.6 Å². The summed E-state index contributed by atoms with van der Waals surface area (Å²) in [7, 11) is -3.60. The molecule has 0 fully saturated rings. The van der Waals surface area contributed by atoms with Gasteiger partial charge in [0.25, 0.3) is 0 Å². The van der Waals surface area contributed by atoms with Gasteiger partial charge in [-0.25, -0.2) is 8.42 Å². The number of hydrogen-bond acceptors (Lipinski definition) is 3. The van der Waals surface area contributed by atoms with Crippen molar-refractivity contribution in [2.75, 3.05) is 10.6 Å². The van der Waals surface area contributed by atoms with Crippen molar-refractivity contribution in [3.05, 3.63) is 65.2 Å². The summed E-state index contributed by atoms with van der Waals surface area (Å²) in [5.41, 5.74) is 3.68. The van der Waals surface area contributed by atoms with E-state index in [9.17, 15) is 13.2 Å². The van der Waals surface area contributed by atoms with E-state index in [1.54, 1.807) is 19.1 Å². The molecular formula is C20H26N2O3S. The normalized spacial score (nSPS) is 12.5. The molecule has 1 atom stereocenters. The van der Waals surface area contributed by atoms with Crippen LogP contribution in [0.1, 0.15) is 30.5 Å². The molecule has 1 N–H and O–H groups in total. The van der Waals surface area contributed by atoms with Gasteiger partial charge in [-0.15, -0.1) is 0 Å². The maximum absolute atomic E-state index is 12.6. The van der Waals surface area contributed by atoms with Crippen molar-refractivity contribution >= 4 is 21.6 Å².